The van der Waals surface area contributed by atoms with Crippen LogP contribution in [0.15, 0.2) is 0 Å². The van der Waals surface area contributed by atoms with Gasteiger partial charge >= 0.3 is 6.18 Å². The smallest absolute Gasteiger partial charge is 0.290 e. The fraction of sp³-hybridized carbons (Fsp3) is 0.889. The van der Waals surface area contributed by atoms with Crippen LogP contribution in [0.25, 0.3) is 0 Å². The molecular formula is C9H13F3N2O2S. The molecule has 0 aromatic rings. The third-order valence-corrected chi connectivity index (χ3v) is 4.58. The summed E-state index contributed by atoms with van der Waals surface area (Å²) in [6.45, 7) is -1.35. The summed E-state index contributed by atoms with van der Waals surface area (Å²) in [7, 11) is -3.54. The molecule has 1 N–H and O–H groups in total. The van der Waals surface area contributed by atoms with Gasteiger partial charge in [0.15, 0.2) is 9.84 Å². The zero-order chi connectivity index (χ0) is 13.3. The van der Waals surface area contributed by atoms with E-state index in [1.165, 1.54) is 0 Å². The van der Waals surface area contributed by atoms with Crippen LogP contribution in [0, 0.1) is 11.3 Å². The Morgan fingerprint density at radius 1 is 1.53 bits per heavy atom. The summed E-state index contributed by atoms with van der Waals surface area (Å²) in [6, 6.07) is 1.72. The summed E-state index contributed by atoms with van der Waals surface area (Å²) in [6.07, 6.45) is -2.75. The molecule has 17 heavy (non-hydrogen) atoms. The Labute approximate surface area is 97.7 Å². The van der Waals surface area contributed by atoms with E-state index in [9.17, 15) is 21.6 Å². The molecule has 0 spiro atoms. The van der Waals surface area contributed by atoms with Gasteiger partial charge in [-0.1, -0.05) is 0 Å². The SMILES string of the molecule is CS(=O)(=O)C1CCCC1(C#N)NCC(F)(F)F. The predicted octanol–water partition coefficient (Wildman–Crippen LogP) is 0.998. The second-order valence-corrected chi connectivity index (χ2v) is 6.49. The summed E-state index contributed by atoms with van der Waals surface area (Å²) in [4.78, 5) is 0. The number of nitrogens with zero attached hydrogens (tertiary/aromatic N) is 1. The van der Waals surface area contributed by atoms with E-state index in [0.29, 0.717) is 6.42 Å². The van der Waals surface area contributed by atoms with Gasteiger partial charge in [0.2, 0.25) is 0 Å². The van der Waals surface area contributed by atoms with Gasteiger partial charge in [0.25, 0.3) is 0 Å². The third-order valence-electron chi connectivity index (χ3n) is 2.91. The van der Waals surface area contributed by atoms with Crippen molar-refractivity contribution in [3.05, 3.63) is 0 Å². The number of hydrogen-bond acceptors (Lipinski definition) is 4. The second kappa shape index (κ2) is 4.46. The van der Waals surface area contributed by atoms with Crippen LogP contribution in [0.4, 0.5) is 13.2 Å². The molecule has 0 saturated heterocycles. The van der Waals surface area contributed by atoms with Gasteiger partial charge in [-0.2, -0.15) is 18.4 Å². The molecular weight excluding hydrogens is 257 g/mol. The lowest BCUT2D eigenvalue weighted by Gasteiger charge is -2.29. The van der Waals surface area contributed by atoms with Gasteiger partial charge in [0, 0.05) is 6.26 Å². The monoisotopic (exact) mass is 270 g/mol. The van der Waals surface area contributed by atoms with Crippen LogP contribution in [0.1, 0.15) is 19.3 Å². The van der Waals surface area contributed by atoms with Gasteiger partial charge in [0.1, 0.15) is 5.54 Å². The maximum atomic E-state index is 12.1. The van der Waals surface area contributed by atoms with E-state index in [1.54, 1.807) is 6.07 Å². The highest BCUT2D eigenvalue weighted by Gasteiger charge is 2.49. The van der Waals surface area contributed by atoms with Crippen molar-refractivity contribution in [3.63, 3.8) is 0 Å². The Kier molecular flexibility index (Phi) is 3.74. The average molecular weight is 270 g/mol. The van der Waals surface area contributed by atoms with Crippen molar-refractivity contribution in [2.45, 2.75) is 36.2 Å². The minimum atomic E-state index is -4.46. The summed E-state index contributed by atoms with van der Waals surface area (Å²) >= 11 is 0. The number of rotatable bonds is 3. The first-order valence-electron chi connectivity index (χ1n) is 5.03. The molecule has 4 nitrogen and oxygen atoms in total. The molecule has 0 bridgehead atoms. The van der Waals surface area contributed by atoms with Crippen molar-refractivity contribution in [2.24, 2.45) is 0 Å². The van der Waals surface area contributed by atoms with Crippen LogP contribution in [0.5, 0.6) is 0 Å². The van der Waals surface area contributed by atoms with E-state index in [1.807, 2.05) is 0 Å². The van der Waals surface area contributed by atoms with Crippen LogP contribution in [0.2, 0.25) is 0 Å². The second-order valence-electron chi connectivity index (χ2n) is 4.26. The van der Waals surface area contributed by atoms with Crippen molar-refractivity contribution in [3.8, 4) is 6.07 Å². The summed E-state index contributed by atoms with van der Waals surface area (Å²) in [5, 5.41) is 10.0. The molecule has 0 radical (unpaired) electrons. The largest absolute Gasteiger partial charge is 0.401 e. The number of halogens is 3. The number of nitriles is 1. The Balaban J connectivity index is 2.92. The maximum Gasteiger partial charge on any atom is 0.401 e. The Morgan fingerprint density at radius 2 is 2.12 bits per heavy atom. The fourth-order valence-corrected chi connectivity index (χ4v) is 3.76. The molecule has 1 aliphatic carbocycles. The molecule has 98 valence electrons. The lowest BCUT2D eigenvalue weighted by molar-refractivity contribution is -0.127. The van der Waals surface area contributed by atoms with Crippen LogP contribution < -0.4 is 5.32 Å². The van der Waals surface area contributed by atoms with Crippen molar-refractivity contribution < 1.29 is 21.6 Å². The van der Waals surface area contributed by atoms with E-state index < -0.39 is 33.3 Å². The molecule has 2 unspecified atom stereocenters. The van der Waals surface area contributed by atoms with Crippen molar-refractivity contribution >= 4 is 9.84 Å². The fourth-order valence-electron chi connectivity index (χ4n) is 2.18. The third kappa shape index (κ3) is 3.33. The number of nitrogens with one attached hydrogen (secondary N) is 1. The molecule has 1 fully saturated rings. The number of hydrogen-bond donors (Lipinski definition) is 1. The van der Waals surface area contributed by atoms with Gasteiger partial charge in [-0.3, -0.25) is 5.32 Å². The van der Waals surface area contributed by atoms with Gasteiger partial charge in [-0.05, 0) is 19.3 Å². The first kappa shape index (κ1) is 14.3. The van der Waals surface area contributed by atoms with Crippen molar-refractivity contribution in [2.75, 3.05) is 12.8 Å². The molecule has 0 aliphatic heterocycles. The molecule has 1 aliphatic rings. The maximum absolute atomic E-state index is 12.1. The van der Waals surface area contributed by atoms with Crippen LogP contribution in [-0.4, -0.2) is 38.2 Å². The van der Waals surface area contributed by atoms with Crippen LogP contribution >= 0.6 is 0 Å². The number of sulfone groups is 1. The van der Waals surface area contributed by atoms with E-state index in [0.717, 1.165) is 6.26 Å². The Bertz CT molecular complexity index is 427. The highest BCUT2D eigenvalue weighted by Crippen LogP contribution is 2.35. The topological polar surface area (TPSA) is 70.0 Å². The van der Waals surface area contributed by atoms with Crippen LogP contribution in [0.3, 0.4) is 0 Å². The van der Waals surface area contributed by atoms with E-state index in [4.69, 9.17) is 5.26 Å². The Morgan fingerprint density at radius 3 is 2.53 bits per heavy atom. The van der Waals surface area contributed by atoms with Crippen molar-refractivity contribution in [1.29, 1.82) is 5.26 Å². The molecule has 0 aromatic heterocycles. The molecule has 1 rings (SSSR count). The average Bonchev–Trinajstić information content (AvgIpc) is 2.57. The van der Waals surface area contributed by atoms with Gasteiger partial charge in [0.05, 0.1) is 17.9 Å². The molecule has 0 amide bonds. The van der Waals surface area contributed by atoms with E-state index in [2.05, 4.69) is 5.32 Å². The first-order valence-corrected chi connectivity index (χ1v) is 6.98. The highest BCUT2D eigenvalue weighted by molar-refractivity contribution is 7.91. The first-order chi connectivity index (χ1) is 7.61. The molecule has 0 heterocycles. The van der Waals surface area contributed by atoms with Crippen molar-refractivity contribution in [1.82, 2.24) is 5.32 Å². The highest BCUT2D eigenvalue weighted by atomic mass is 32.2. The zero-order valence-electron chi connectivity index (χ0n) is 9.21. The standard InChI is InChI=1S/C9H13F3N2O2S/c1-17(15,16)7-3-2-4-8(7,5-13)14-6-9(10,11)12/h7,14H,2-4,6H2,1H3. The van der Waals surface area contributed by atoms with Gasteiger partial charge < -0.3 is 0 Å². The normalized spacial score (nSPS) is 30.2. The lowest BCUT2D eigenvalue weighted by Crippen LogP contribution is -2.55. The number of alkyl halides is 3. The quantitative estimate of drug-likeness (QED) is 0.830. The molecule has 2 atom stereocenters. The van der Waals surface area contributed by atoms with E-state index in [-0.39, 0.29) is 12.8 Å². The summed E-state index contributed by atoms with van der Waals surface area (Å²) < 4.78 is 59.3. The minimum Gasteiger partial charge on any atom is -0.290 e. The lowest BCUT2D eigenvalue weighted by atomic mass is 9.99. The molecule has 1 saturated carbocycles. The van der Waals surface area contributed by atoms with Gasteiger partial charge in [-0.25, -0.2) is 8.42 Å². The molecule has 0 aromatic carbocycles. The summed E-state index contributed by atoms with van der Waals surface area (Å²) in [5.41, 5.74) is -1.61. The Hall–Kier alpha value is -0.810. The van der Waals surface area contributed by atoms with Crippen LogP contribution in [-0.2, 0) is 9.84 Å². The minimum absolute atomic E-state index is 0.122. The van der Waals surface area contributed by atoms with E-state index >= 15 is 0 Å². The zero-order valence-corrected chi connectivity index (χ0v) is 10.0. The molecule has 8 heteroatoms. The predicted molar refractivity (Wildman–Crippen MR) is 54.9 cm³/mol. The summed E-state index contributed by atoms with van der Waals surface area (Å²) in [5.74, 6) is 0. The van der Waals surface area contributed by atoms with Gasteiger partial charge in [-0.15, -0.1) is 0 Å².